The fourth-order valence-corrected chi connectivity index (χ4v) is 4.38. The summed E-state index contributed by atoms with van der Waals surface area (Å²) in [6.07, 6.45) is 0. The zero-order chi connectivity index (χ0) is 23.3. The topological polar surface area (TPSA) is 108 Å². The number of allylic oxidation sites excluding steroid dienone is 1. The number of amides is 2. The second-order valence-corrected chi connectivity index (χ2v) is 8.50. The summed E-state index contributed by atoms with van der Waals surface area (Å²) in [4.78, 5) is 37.6. The molecular formula is C23H20ClN3O4S. The highest BCUT2D eigenvalue weighted by atomic mass is 35.5. The standard InChI is InChI=1S/C23H20ClN3O4S/c1-13-4-3-5-16(10-13)26-18(28)12-32-22-17(11-25)19(14-6-8-15(24)9-7-14)20(21(29)27-22)23(30)31-2/h3-10,19-20H,12H2,1-2H3,(H,26,28)(H,27,29)/t19-,20-/m0/s1. The van der Waals surface area contributed by atoms with Crippen molar-refractivity contribution in [2.24, 2.45) is 5.92 Å². The number of ether oxygens (including phenoxy) is 1. The number of rotatable bonds is 6. The van der Waals surface area contributed by atoms with Gasteiger partial charge in [-0.15, -0.1) is 0 Å². The van der Waals surface area contributed by atoms with E-state index < -0.39 is 23.7 Å². The Labute approximate surface area is 194 Å². The maximum atomic E-state index is 12.8. The van der Waals surface area contributed by atoms with E-state index >= 15 is 0 Å². The first-order valence-electron chi connectivity index (χ1n) is 9.61. The van der Waals surface area contributed by atoms with Gasteiger partial charge in [0.1, 0.15) is 5.92 Å². The largest absolute Gasteiger partial charge is 0.468 e. The molecule has 164 valence electrons. The van der Waals surface area contributed by atoms with Crippen molar-refractivity contribution in [3.05, 3.63) is 75.3 Å². The number of carbonyl (C=O) groups excluding carboxylic acids is 3. The Bertz CT molecular complexity index is 1120. The minimum absolute atomic E-state index is 0.0367. The number of benzene rings is 2. The number of methoxy groups -OCH3 is 1. The first-order valence-corrected chi connectivity index (χ1v) is 11.0. The van der Waals surface area contributed by atoms with Crippen LogP contribution in [0.1, 0.15) is 17.0 Å². The van der Waals surface area contributed by atoms with E-state index in [0.717, 1.165) is 17.3 Å². The zero-order valence-corrected chi connectivity index (χ0v) is 18.9. The summed E-state index contributed by atoms with van der Waals surface area (Å²) in [7, 11) is 1.18. The predicted molar refractivity (Wildman–Crippen MR) is 123 cm³/mol. The van der Waals surface area contributed by atoms with Gasteiger partial charge in [-0.3, -0.25) is 14.4 Å². The SMILES string of the molecule is COC(=O)[C@@H]1C(=O)NC(SCC(=O)Nc2cccc(C)c2)=C(C#N)[C@@H]1c1ccc(Cl)cc1. The van der Waals surface area contributed by atoms with Crippen LogP contribution < -0.4 is 10.6 Å². The van der Waals surface area contributed by atoms with Gasteiger partial charge in [0, 0.05) is 16.6 Å². The second kappa shape index (κ2) is 10.4. The van der Waals surface area contributed by atoms with Crippen molar-refractivity contribution in [3.8, 4) is 6.07 Å². The minimum Gasteiger partial charge on any atom is -0.468 e. The molecule has 7 nitrogen and oxygen atoms in total. The second-order valence-electron chi connectivity index (χ2n) is 7.08. The van der Waals surface area contributed by atoms with Gasteiger partial charge in [0.25, 0.3) is 0 Å². The Morgan fingerprint density at radius 1 is 1.25 bits per heavy atom. The lowest BCUT2D eigenvalue weighted by atomic mass is 9.78. The molecule has 0 saturated heterocycles. The zero-order valence-electron chi connectivity index (χ0n) is 17.3. The van der Waals surface area contributed by atoms with Crippen LogP contribution in [0.5, 0.6) is 0 Å². The molecule has 0 unspecified atom stereocenters. The minimum atomic E-state index is -1.23. The quantitative estimate of drug-likeness (QED) is 0.492. The number of esters is 1. The number of aryl methyl sites for hydroxylation is 1. The molecule has 0 radical (unpaired) electrons. The number of nitrogens with zero attached hydrogens (tertiary/aromatic N) is 1. The van der Waals surface area contributed by atoms with Crippen molar-refractivity contribution >= 4 is 46.8 Å². The van der Waals surface area contributed by atoms with Crippen molar-refractivity contribution in [2.75, 3.05) is 18.2 Å². The highest BCUT2D eigenvalue weighted by Crippen LogP contribution is 2.40. The summed E-state index contributed by atoms with van der Waals surface area (Å²) in [6.45, 7) is 1.92. The van der Waals surface area contributed by atoms with E-state index in [1.807, 2.05) is 25.1 Å². The average molecular weight is 470 g/mol. The molecular weight excluding hydrogens is 450 g/mol. The number of nitrogens with one attached hydrogen (secondary N) is 2. The van der Waals surface area contributed by atoms with Crippen LogP contribution in [0.25, 0.3) is 0 Å². The fraction of sp³-hybridized carbons (Fsp3) is 0.217. The summed E-state index contributed by atoms with van der Waals surface area (Å²) >= 11 is 6.99. The number of halogens is 1. The highest BCUT2D eigenvalue weighted by molar-refractivity contribution is 8.03. The van der Waals surface area contributed by atoms with Crippen molar-refractivity contribution in [2.45, 2.75) is 12.8 Å². The number of nitriles is 1. The molecule has 0 fully saturated rings. The van der Waals surface area contributed by atoms with Crippen molar-refractivity contribution in [1.29, 1.82) is 5.26 Å². The number of hydrogen-bond donors (Lipinski definition) is 2. The van der Waals surface area contributed by atoms with Crippen molar-refractivity contribution in [1.82, 2.24) is 5.32 Å². The van der Waals surface area contributed by atoms with Gasteiger partial charge in [0.2, 0.25) is 11.8 Å². The monoisotopic (exact) mass is 469 g/mol. The maximum absolute atomic E-state index is 12.8. The van der Waals surface area contributed by atoms with Gasteiger partial charge in [-0.05, 0) is 42.3 Å². The normalized spacial score (nSPS) is 17.9. The van der Waals surface area contributed by atoms with Crippen molar-refractivity contribution in [3.63, 3.8) is 0 Å². The molecule has 0 aliphatic carbocycles. The van der Waals surface area contributed by atoms with E-state index in [2.05, 4.69) is 16.7 Å². The van der Waals surface area contributed by atoms with Gasteiger partial charge in [-0.2, -0.15) is 5.26 Å². The molecule has 2 aromatic carbocycles. The molecule has 1 aliphatic heterocycles. The van der Waals surface area contributed by atoms with Crippen LogP contribution in [0, 0.1) is 24.2 Å². The Hall–Kier alpha value is -3.28. The van der Waals surface area contributed by atoms with Gasteiger partial charge in [-0.1, -0.05) is 47.6 Å². The summed E-state index contributed by atoms with van der Waals surface area (Å²) in [5.74, 6) is -3.78. The van der Waals surface area contributed by atoms with Crippen LogP contribution in [-0.4, -0.2) is 30.6 Å². The first kappa shape index (κ1) is 23.4. The first-order chi connectivity index (χ1) is 15.3. The third-order valence-corrected chi connectivity index (χ3v) is 6.13. The Balaban J connectivity index is 1.88. The summed E-state index contributed by atoms with van der Waals surface area (Å²) in [5.41, 5.74) is 2.40. The van der Waals surface area contributed by atoms with E-state index in [1.165, 1.54) is 7.11 Å². The van der Waals surface area contributed by atoms with Crippen LogP contribution in [-0.2, 0) is 19.1 Å². The lowest BCUT2D eigenvalue weighted by Crippen LogP contribution is -2.44. The number of hydrogen-bond acceptors (Lipinski definition) is 6. The number of thioether (sulfide) groups is 1. The molecule has 0 spiro atoms. The summed E-state index contributed by atoms with van der Waals surface area (Å²) in [6, 6.07) is 16.0. The van der Waals surface area contributed by atoms with Crippen LogP contribution >= 0.6 is 23.4 Å². The van der Waals surface area contributed by atoms with Gasteiger partial charge in [0.05, 0.1) is 29.5 Å². The Morgan fingerprint density at radius 2 is 1.97 bits per heavy atom. The van der Waals surface area contributed by atoms with E-state index in [1.54, 1.807) is 30.3 Å². The Morgan fingerprint density at radius 3 is 2.59 bits per heavy atom. The number of anilines is 1. The molecule has 3 rings (SSSR count). The molecule has 0 bridgehead atoms. The molecule has 1 heterocycles. The third kappa shape index (κ3) is 5.31. The molecule has 0 aromatic heterocycles. The van der Waals surface area contributed by atoms with Gasteiger partial charge >= 0.3 is 5.97 Å². The molecule has 2 aromatic rings. The molecule has 32 heavy (non-hydrogen) atoms. The van der Waals surface area contributed by atoms with Crippen molar-refractivity contribution < 1.29 is 19.1 Å². The summed E-state index contributed by atoms with van der Waals surface area (Å²) in [5, 5.41) is 16.0. The van der Waals surface area contributed by atoms with Gasteiger partial charge in [-0.25, -0.2) is 0 Å². The van der Waals surface area contributed by atoms with Crippen LogP contribution in [0.2, 0.25) is 5.02 Å². The van der Waals surface area contributed by atoms with E-state index in [0.29, 0.717) is 16.3 Å². The molecule has 2 atom stereocenters. The van der Waals surface area contributed by atoms with Crippen LogP contribution in [0.4, 0.5) is 5.69 Å². The smallest absolute Gasteiger partial charge is 0.319 e. The molecule has 1 aliphatic rings. The van der Waals surface area contributed by atoms with Crippen LogP contribution in [0.15, 0.2) is 59.1 Å². The third-order valence-electron chi connectivity index (χ3n) is 4.86. The molecule has 0 saturated carbocycles. The summed E-state index contributed by atoms with van der Waals surface area (Å²) < 4.78 is 4.81. The fourth-order valence-electron chi connectivity index (χ4n) is 3.41. The van der Waals surface area contributed by atoms with E-state index in [9.17, 15) is 19.6 Å². The average Bonchev–Trinajstić information content (AvgIpc) is 2.77. The number of carbonyl (C=O) groups is 3. The van der Waals surface area contributed by atoms with Gasteiger partial charge < -0.3 is 15.4 Å². The predicted octanol–water partition coefficient (Wildman–Crippen LogP) is 3.76. The lowest BCUT2D eigenvalue weighted by molar-refractivity contribution is -0.150. The molecule has 2 amide bonds. The molecule has 9 heteroatoms. The lowest BCUT2D eigenvalue weighted by Gasteiger charge is -2.30. The van der Waals surface area contributed by atoms with E-state index in [4.69, 9.17) is 16.3 Å². The van der Waals surface area contributed by atoms with E-state index in [-0.39, 0.29) is 22.3 Å². The Kier molecular flexibility index (Phi) is 7.57. The maximum Gasteiger partial charge on any atom is 0.319 e. The van der Waals surface area contributed by atoms with Gasteiger partial charge in [0.15, 0.2) is 0 Å². The molecule has 2 N–H and O–H groups in total. The van der Waals surface area contributed by atoms with Crippen LogP contribution in [0.3, 0.4) is 0 Å². The highest BCUT2D eigenvalue weighted by Gasteiger charge is 2.44.